The standard InChI is InChI=1S/C12H25N/c1-10(2)7-8-12(3,4)9-13-11-5-6-11/h10-11,13H,5-9H2,1-4H3. The zero-order chi connectivity index (χ0) is 9.90. The Kier molecular flexibility index (Phi) is 3.78. The average Bonchev–Trinajstić information content (AvgIpc) is 2.81. The van der Waals surface area contributed by atoms with Gasteiger partial charge in [-0.25, -0.2) is 0 Å². The maximum atomic E-state index is 3.62. The van der Waals surface area contributed by atoms with Gasteiger partial charge < -0.3 is 5.32 Å². The molecule has 0 amide bonds. The van der Waals surface area contributed by atoms with Crippen LogP contribution in [0.25, 0.3) is 0 Å². The smallest absolute Gasteiger partial charge is 0.00684 e. The van der Waals surface area contributed by atoms with Gasteiger partial charge >= 0.3 is 0 Å². The molecule has 0 spiro atoms. The van der Waals surface area contributed by atoms with Crippen molar-refractivity contribution in [3.63, 3.8) is 0 Å². The fraction of sp³-hybridized carbons (Fsp3) is 1.00. The summed E-state index contributed by atoms with van der Waals surface area (Å²) >= 11 is 0. The molecule has 78 valence electrons. The molecule has 0 aromatic carbocycles. The summed E-state index contributed by atoms with van der Waals surface area (Å²) in [5.41, 5.74) is 0.493. The number of rotatable bonds is 6. The summed E-state index contributed by atoms with van der Waals surface area (Å²) in [6.07, 6.45) is 5.52. The van der Waals surface area contributed by atoms with Gasteiger partial charge in [-0.3, -0.25) is 0 Å². The van der Waals surface area contributed by atoms with E-state index in [-0.39, 0.29) is 0 Å². The molecule has 1 aliphatic rings. The zero-order valence-corrected chi connectivity index (χ0v) is 9.69. The Balaban J connectivity index is 2.10. The quantitative estimate of drug-likeness (QED) is 0.667. The van der Waals surface area contributed by atoms with Crippen LogP contribution in [-0.4, -0.2) is 12.6 Å². The average molecular weight is 183 g/mol. The van der Waals surface area contributed by atoms with Crippen LogP contribution in [0.2, 0.25) is 0 Å². The highest BCUT2D eigenvalue weighted by molar-refractivity contribution is 4.84. The van der Waals surface area contributed by atoms with Crippen molar-refractivity contribution in [1.29, 1.82) is 0 Å². The van der Waals surface area contributed by atoms with Gasteiger partial charge in [0, 0.05) is 12.6 Å². The summed E-state index contributed by atoms with van der Waals surface area (Å²) in [6.45, 7) is 10.6. The molecule has 1 nitrogen and oxygen atoms in total. The third kappa shape index (κ3) is 5.30. The van der Waals surface area contributed by atoms with Crippen LogP contribution < -0.4 is 5.32 Å². The lowest BCUT2D eigenvalue weighted by Gasteiger charge is -2.26. The molecule has 1 aliphatic carbocycles. The van der Waals surface area contributed by atoms with Crippen molar-refractivity contribution in [2.24, 2.45) is 11.3 Å². The van der Waals surface area contributed by atoms with E-state index in [0.717, 1.165) is 12.0 Å². The van der Waals surface area contributed by atoms with Crippen molar-refractivity contribution in [3.8, 4) is 0 Å². The van der Waals surface area contributed by atoms with E-state index in [4.69, 9.17) is 0 Å². The molecular formula is C12H25N. The summed E-state index contributed by atoms with van der Waals surface area (Å²) in [5, 5.41) is 3.62. The van der Waals surface area contributed by atoms with Crippen LogP contribution >= 0.6 is 0 Å². The SMILES string of the molecule is CC(C)CCC(C)(C)CNC1CC1. The molecule has 0 aromatic rings. The minimum atomic E-state index is 0.493. The van der Waals surface area contributed by atoms with Crippen LogP contribution in [0, 0.1) is 11.3 Å². The van der Waals surface area contributed by atoms with Crippen molar-refractivity contribution in [2.75, 3.05) is 6.54 Å². The Bertz CT molecular complexity index is 137. The normalized spacial score (nSPS) is 18.2. The molecule has 0 unspecified atom stereocenters. The van der Waals surface area contributed by atoms with Gasteiger partial charge in [0.05, 0.1) is 0 Å². The fourth-order valence-electron chi connectivity index (χ4n) is 1.48. The van der Waals surface area contributed by atoms with Gasteiger partial charge in [-0.15, -0.1) is 0 Å². The van der Waals surface area contributed by atoms with Crippen LogP contribution in [0.1, 0.15) is 53.4 Å². The maximum absolute atomic E-state index is 3.62. The second-order valence-corrected chi connectivity index (χ2v) is 5.75. The molecule has 1 fully saturated rings. The Morgan fingerprint density at radius 3 is 2.38 bits per heavy atom. The second kappa shape index (κ2) is 4.45. The lowest BCUT2D eigenvalue weighted by molar-refractivity contribution is 0.288. The molecule has 0 aliphatic heterocycles. The first-order valence-electron chi connectivity index (χ1n) is 5.73. The van der Waals surface area contributed by atoms with E-state index >= 15 is 0 Å². The van der Waals surface area contributed by atoms with Crippen molar-refractivity contribution in [1.82, 2.24) is 5.32 Å². The van der Waals surface area contributed by atoms with E-state index in [0.29, 0.717) is 5.41 Å². The van der Waals surface area contributed by atoms with Crippen molar-refractivity contribution in [3.05, 3.63) is 0 Å². The minimum absolute atomic E-state index is 0.493. The van der Waals surface area contributed by atoms with E-state index in [1.165, 1.54) is 32.2 Å². The first-order chi connectivity index (χ1) is 5.99. The first-order valence-corrected chi connectivity index (χ1v) is 5.73. The maximum Gasteiger partial charge on any atom is 0.00684 e. The summed E-state index contributed by atoms with van der Waals surface area (Å²) < 4.78 is 0. The molecule has 1 heteroatoms. The van der Waals surface area contributed by atoms with Crippen LogP contribution in [0.3, 0.4) is 0 Å². The third-order valence-electron chi connectivity index (χ3n) is 2.85. The summed E-state index contributed by atoms with van der Waals surface area (Å²) in [7, 11) is 0. The highest BCUT2D eigenvalue weighted by atomic mass is 15.0. The van der Waals surface area contributed by atoms with Crippen molar-refractivity contribution < 1.29 is 0 Å². The lowest BCUT2D eigenvalue weighted by Crippen LogP contribution is -2.31. The molecule has 0 heterocycles. The molecule has 1 N–H and O–H groups in total. The number of hydrogen-bond acceptors (Lipinski definition) is 1. The van der Waals surface area contributed by atoms with Gasteiger partial charge in [-0.05, 0) is 30.6 Å². The van der Waals surface area contributed by atoms with Gasteiger partial charge in [-0.1, -0.05) is 34.1 Å². The predicted molar refractivity (Wildman–Crippen MR) is 58.9 cm³/mol. The van der Waals surface area contributed by atoms with E-state index in [1.54, 1.807) is 0 Å². The lowest BCUT2D eigenvalue weighted by atomic mass is 9.85. The monoisotopic (exact) mass is 183 g/mol. The molecule has 13 heavy (non-hydrogen) atoms. The molecule has 1 saturated carbocycles. The predicted octanol–water partition coefficient (Wildman–Crippen LogP) is 3.20. The highest BCUT2D eigenvalue weighted by Crippen LogP contribution is 2.26. The van der Waals surface area contributed by atoms with Gasteiger partial charge in [-0.2, -0.15) is 0 Å². The van der Waals surface area contributed by atoms with Crippen LogP contribution in [0.15, 0.2) is 0 Å². The van der Waals surface area contributed by atoms with Crippen molar-refractivity contribution in [2.45, 2.75) is 59.4 Å². The van der Waals surface area contributed by atoms with E-state index in [2.05, 4.69) is 33.0 Å². The van der Waals surface area contributed by atoms with E-state index < -0.39 is 0 Å². The molecule has 0 radical (unpaired) electrons. The molecule has 1 rings (SSSR count). The van der Waals surface area contributed by atoms with Gasteiger partial charge in [0.2, 0.25) is 0 Å². The second-order valence-electron chi connectivity index (χ2n) is 5.75. The zero-order valence-electron chi connectivity index (χ0n) is 9.69. The Labute approximate surface area is 83.3 Å². The summed E-state index contributed by atoms with van der Waals surface area (Å²) in [4.78, 5) is 0. The van der Waals surface area contributed by atoms with Crippen LogP contribution in [-0.2, 0) is 0 Å². The fourth-order valence-corrected chi connectivity index (χ4v) is 1.48. The Hall–Kier alpha value is -0.0400. The van der Waals surface area contributed by atoms with Gasteiger partial charge in [0.25, 0.3) is 0 Å². The topological polar surface area (TPSA) is 12.0 Å². The molecule has 0 atom stereocenters. The molecule has 0 bridgehead atoms. The molecular weight excluding hydrogens is 158 g/mol. The highest BCUT2D eigenvalue weighted by Gasteiger charge is 2.24. The summed E-state index contributed by atoms with van der Waals surface area (Å²) in [6, 6.07) is 0.860. The minimum Gasteiger partial charge on any atom is -0.313 e. The van der Waals surface area contributed by atoms with E-state index in [9.17, 15) is 0 Å². The first kappa shape index (κ1) is 11.0. The van der Waals surface area contributed by atoms with Crippen LogP contribution in [0.4, 0.5) is 0 Å². The van der Waals surface area contributed by atoms with E-state index in [1.807, 2.05) is 0 Å². The third-order valence-corrected chi connectivity index (χ3v) is 2.85. The van der Waals surface area contributed by atoms with Crippen molar-refractivity contribution >= 4 is 0 Å². The molecule has 0 saturated heterocycles. The number of nitrogens with one attached hydrogen (secondary N) is 1. The van der Waals surface area contributed by atoms with Crippen LogP contribution in [0.5, 0.6) is 0 Å². The largest absolute Gasteiger partial charge is 0.313 e. The number of hydrogen-bond donors (Lipinski definition) is 1. The summed E-state index contributed by atoms with van der Waals surface area (Å²) in [5.74, 6) is 0.847. The Morgan fingerprint density at radius 1 is 1.31 bits per heavy atom. The Morgan fingerprint density at radius 2 is 1.92 bits per heavy atom. The van der Waals surface area contributed by atoms with Gasteiger partial charge in [0.1, 0.15) is 0 Å². The molecule has 0 aromatic heterocycles. The van der Waals surface area contributed by atoms with Gasteiger partial charge in [0.15, 0.2) is 0 Å².